The molecule has 1 aromatic rings. The number of fused-ring (bicyclic) bond motifs is 1. The summed E-state index contributed by atoms with van der Waals surface area (Å²) in [5.74, 6) is 7.04. The van der Waals surface area contributed by atoms with Gasteiger partial charge in [0.05, 0.1) is 13.2 Å². The summed E-state index contributed by atoms with van der Waals surface area (Å²) >= 11 is 0. The number of amides is 1. The van der Waals surface area contributed by atoms with E-state index in [9.17, 15) is 18.3 Å². The molecule has 1 aromatic carbocycles. The van der Waals surface area contributed by atoms with E-state index in [-0.39, 0.29) is 41.5 Å². The van der Waals surface area contributed by atoms with E-state index >= 15 is 0 Å². The number of sulfonamides is 1. The summed E-state index contributed by atoms with van der Waals surface area (Å²) in [6, 6.07) is 4.38. The molecular weight excluding hydrogens is 440 g/mol. The van der Waals surface area contributed by atoms with Crippen LogP contribution in [0.15, 0.2) is 23.1 Å². The minimum atomic E-state index is -3.88. The fraction of sp³-hybridized carbons (Fsp3) is 0.640. The molecule has 3 atom stereocenters. The maximum absolute atomic E-state index is 13.5. The number of carbonyl (C=O) groups is 1. The molecule has 1 heterocycles. The molecule has 0 spiro atoms. The van der Waals surface area contributed by atoms with Gasteiger partial charge in [0.2, 0.25) is 15.9 Å². The van der Waals surface area contributed by atoms with Gasteiger partial charge < -0.3 is 14.7 Å². The molecule has 2 saturated carbocycles. The summed E-state index contributed by atoms with van der Waals surface area (Å²) in [5.41, 5.74) is 0.712. The zero-order chi connectivity index (χ0) is 23.8. The Labute approximate surface area is 197 Å². The fourth-order valence-corrected chi connectivity index (χ4v) is 6.09. The van der Waals surface area contributed by atoms with Crippen molar-refractivity contribution in [1.29, 1.82) is 0 Å². The highest BCUT2D eigenvalue weighted by atomic mass is 32.2. The van der Waals surface area contributed by atoms with Gasteiger partial charge in [0.15, 0.2) is 0 Å². The Bertz CT molecular complexity index is 1050. The lowest BCUT2D eigenvalue weighted by atomic mass is 9.84. The third-order valence-corrected chi connectivity index (χ3v) is 8.97. The highest BCUT2D eigenvalue weighted by Gasteiger charge is 2.39. The lowest BCUT2D eigenvalue weighted by Gasteiger charge is -2.38. The number of hydrogen-bond donors (Lipinski definition) is 1. The Morgan fingerprint density at radius 2 is 2.03 bits per heavy atom. The minimum Gasteiger partial charge on any atom is -0.487 e. The van der Waals surface area contributed by atoms with E-state index in [1.807, 2.05) is 6.92 Å². The monoisotopic (exact) mass is 474 g/mol. The van der Waals surface area contributed by atoms with Crippen LogP contribution >= 0.6 is 0 Å². The highest BCUT2D eigenvalue weighted by molar-refractivity contribution is 7.89. The second-order valence-electron chi connectivity index (χ2n) is 9.79. The summed E-state index contributed by atoms with van der Waals surface area (Å²) in [5, 5.41) is 9.76. The lowest BCUT2D eigenvalue weighted by molar-refractivity contribution is -0.138. The molecule has 0 bridgehead atoms. The number of benzene rings is 1. The summed E-state index contributed by atoms with van der Waals surface area (Å²) in [6.45, 7) is 3.92. The van der Waals surface area contributed by atoms with Gasteiger partial charge in [-0.05, 0) is 50.8 Å². The first kappa shape index (κ1) is 24.1. The van der Waals surface area contributed by atoms with E-state index < -0.39 is 22.2 Å². The van der Waals surface area contributed by atoms with E-state index in [0.717, 1.165) is 32.1 Å². The van der Waals surface area contributed by atoms with Crippen molar-refractivity contribution in [3.63, 3.8) is 0 Å². The molecule has 1 amide bonds. The van der Waals surface area contributed by atoms with E-state index in [1.165, 1.54) is 4.31 Å². The van der Waals surface area contributed by atoms with Crippen LogP contribution in [-0.2, 0) is 14.8 Å². The highest BCUT2D eigenvalue weighted by Crippen LogP contribution is 2.35. The molecule has 0 saturated heterocycles. The molecule has 0 aromatic heterocycles. The number of likely N-dealkylation sites (N-methyl/N-ethyl adjacent to an activating group) is 1. The average molecular weight is 475 g/mol. The third kappa shape index (κ3) is 5.21. The zero-order valence-corrected chi connectivity index (χ0v) is 20.5. The molecule has 0 unspecified atom stereocenters. The Balaban J connectivity index is 1.68. The van der Waals surface area contributed by atoms with Crippen molar-refractivity contribution in [2.45, 2.75) is 63.0 Å². The van der Waals surface area contributed by atoms with Gasteiger partial charge in [-0.15, -0.1) is 0 Å². The van der Waals surface area contributed by atoms with Crippen molar-refractivity contribution in [3.05, 3.63) is 23.8 Å². The van der Waals surface area contributed by atoms with Gasteiger partial charge in [0, 0.05) is 43.0 Å². The summed E-state index contributed by atoms with van der Waals surface area (Å²) in [4.78, 5) is 14.5. The molecular formula is C25H34N2O5S. The number of aliphatic hydroxyl groups excluding tert-OH is 1. The van der Waals surface area contributed by atoms with Crippen molar-refractivity contribution in [1.82, 2.24) is 9.21 Å². The van der Waals surface area contributed by atoms with Crippen LogP contribution in [0.2, 0.25) is 0 Å². The maximum Gasteiger partial charge on any atom is 0.247 e. The van der Waals surface area contributed by atoms with E-state index in [2.05, 4.69) is 11.8 Å². The van der Waals surface area contributed by atoms with Crippen molar-refractivity contribution in [3.8, 4) is 17.6 Å². The third-order valence-electron chi connectivity index (χ3n) is 6.95. The number of rotatable bonds is 5. The molecule has 4 rings (SSSR count). The second-order valence-corrected chi connectivity index (χ2v) is 11.7. The molecule has 3 aliphatic rings. The molecule has 2 fully saturated rings. The average Bonchev–Trinajstić information content (AvgIpc) is 3.57. The van der Waals surface area contributed by atoms with E-state index in [4.69, 9.17) is 4.74 Å². The van der Waals surface area contributed by atoms with Crippen LogP contribution in [0.5, 0.6) is 5.75 Å². The minimum absolute atomic E-state index is 0.0737. The van der Waals surface area contributed by atoms with Gasteiger partial charge in [-0.3, -0.25) is 4.79 Å². The van der Waals surface area contributed by atoms with Gasteiger partial charge in [-0.25, -0.2) is 8.42 Å². The molecule has 1 N–H and O–H groups in total. The largest absolute Gasteiger partial charge is 0.487 e. The van der Waals surface area contributed by atoms with Crippen molar-refractivity contribution in [2.24, 2.45) is 17.8 Å². The molecule has 0 radical (unpaired) electrons. The second kappa shape index (κ2) is 9.65. The van der Waals surface area contributed by atoms with Gasteiger partial charge in [0.25, 0.3) is 0 Å². The van der Waals surface area contributed by atoms with Crippen molar-refractivity contribution in [2.75, 3.05) is 26.7 Å². The summed E-state index contributed by atoms with van der Waals surface area (Å²) in [6.07, 6.45) is 4.76. The van der Waals surface area contributed by atoms with Crippen molar-refractivity contribution < 1.29 is 23.1 Å². The standard InChI is InChI=1S/C25H34N2O5S/c1-17-14-27(18(2)16-28)33(30,31)24-12-11-20(10-9-19-7-8-19)13-22(24)32-23(17)15-26(3)25(29)21-5-4-6-21/h11-13,17-19,21,23,28H,4-8,14-16H2,1-3H3/t17-,18-,23-/m0/s1. The Morgan fingerprint density at radius 1 is 1.30 bits per heavy atom. The summed E-state index contributed by atoms with van der Waals surface area (Å²) in [7, 11) is -2.09. The van der Waals surface area contributed by atoms with Gasteiger partial charge in [0.1, 0.15) is 16.7 Å². The van der Waals surface area contributed by atoms with Crippen LogP contribution in [0, 0.1) is 29.6 Å². The number of carbonyl (C=O) groups excluding carboxylic acids is 1. The Morgan fingerprint density at radius 3 is 2.64 bits per heavy atom. The SMILES string of the molecule is C[C@H]1CN([C@@H](C)CO)S(=O)(=O)c2ccc(C#CC3CC3)cc2O[C@H]1CN(C)C(=O)C1CCC1. The zero-order valence-electron chi connectivity index (χ0n) is 19.7. The molecule has 7 nitrogen and oxygen atoms in total. The maximum atomic E-state index is 13.5. The van der Waals surface area contributed by atoms with Crippen LogP contribution in [-0.4, -0.2) is 67.5 Å². The van der Waals surface area contributed by atoms with Crippen LogP contribution < -0.4 is 4.74 Å². The van der Waals surface area contributed by atoms with Crippen molar-refractivity contribution >= 4 is 15.9 Å². The van der Waals surface area contributed by atoms with E-state index in [0.29, 0.717) is 18.0 Å². The fourth-order valence-electron chi connectivity index (χ4n) is 4.26. The van der Waals surface area contributed by atoms with Crippen LogP contribution in [0.1, 0.15) is 51.5 Å². The van der Waals surface area contributed by atoms with Crippen LogP contribution in [0.3, 0.4) is 0 Å². The summed E-state index contributed by atoms with van der Waals surface area (Å²) < 4.78 is 34.7. The topological polar surface area (TPSA) is 87.2 Å². The Kier molecular flexibility index (Phi) is 7.04. The quantitative estimate of drug-likeness (QED) is 0.663. The number of ether oxygens (including phenoxy) is 1. The molecule has 1 aliphatic heterocycles. The van der Waals surface area contributed by atoms with Crippen LogP contribution in [0.4, 0.5) is 0 Å². The first-order valence-corrected chi connectivity index (χ1v) is 13.3. The number of aliphatic hydroxyl groups is 1. The van der Waals surface area contributed by atoms with Gasteiger partial charge in [-0.2, -0.15) is 4.31 Å². The van der Waals surface area contributed by atoms with E-state index in [1.54, 1.807) is 37.1 Å². The van der Waals surface area contributed by atoms with Crippen LogP contribution in [0.25, 0.3) is 0 Å². The number of hydrogen-bond acceptors (Lipinski definition) is 5. The Hall–Kier alpha value is -2.08. The van der Waals surface area contributed by atoms with Gasteiger partial charge in [-0.1, -0.05) is 25.2 Å². The predicted octanol–water partition coefficient (Wildman–Crippen LogP) is 2.48. The molecule has 33 heavy (non-hydrogen) atoms. The smallest absolute Gasteiger partial charge is 0.247 e. The first-order valence-electron chi connectivity index (χ1n) is 11.9. The predicted molar refractivity (Wildman–Crippen MR) is 125 cm³/mol. The first-order chi connectivity index (χ1) is 15.7. The van der Waals surface area contributed by atoms with Gasteiger partial charge >= 0.3 is 0 Å². The lowest BCUT2D eigenvalue weighted by Crippen LogP contribution is -2.50. The molecule has 2 aliphatic carbocycles. The normalized spacial score (nSPS) is 25.8. The molecule has 8 heteroatoms. The number of nitrogens with zero attached hydrogens (tertiary/aromatic N) is 2. The molecule has 180 valence electrons.